The van der Waals surface area contributed by atoms with Gasteiger partial charge in [-0.25, -0.2) is 0 Å². The van der Waals surface area contributed by atoms with Gasteiger partial charge in [0.15, 0.2) is 0 Å². The maximum atomic E-state index is 5.52. The molecule has 0 aromatic heterocycles. The molecule has 0 amide bonds. The van der Waals surface area contributed by atoms with E-state index in [0.29, 0.717) is 13.2 Å². The molecule has 0 aliphatic carbocycles. The highest BCUT2D eigenvalue weighted by Crippen LogP contribution is 2.18. The number of rotatable bonds is 8. The van der Waals surface area contributed by atoms with Crippen molar-refractivity contribution < 1.29 is 27.2 Å². The largest absolute Gasteiger partial charge is 0.679 e. The molecule has 2 atom stereocenters. The molecule has 0 radical (unpaired) electrons. The molecular weight excluding hydrogens is 220 g/mol. The van der Waals surface area contributed by atoms with Gasteiger partial charge >= 0.3 is 9.05 Å². The molecule has 0 aromatic rings. The summed E-state index contributed by atoms with van der Waals surface area (Å²) < 4.78 is 31.5. The SMILES string of the molecule is CO[Si](OC)(OCC1CO1)OCC1CO1. The van der Waals surface area contributed by atoms with Gasteiger partial charge in [-0.1, -0.05) is 0 Å². The Balaban J connectivity index is 1.75. The molecule has 2 saturated heterocycles. The van der Waals surface area contributed by atoms with Crippen LogP contribution in [0, 0.1) is 0 Å². The van der Waals surface area contributed by atoms with Crippen molar-refractivity contribution >= 4 is 9.05 Å². The molecule has 2 fully saturated rings. The van der Waals surface area contributed by atoms with E-state index in [0.717, 1.165) is 13.2 Å². The Morgan fingerprint density at radius 1 is 1.00 bits per heavy atom. The van der Waals surface area contributed by atoms with Crippen LogP contribution in [0.15, 0.2) is 0 Å². The van der Waals surface area contributed by atoms with Gasteiger partial charge in [-0.15, -0.1) is 0 Å². The molecule has 0 bridgehead atoms. The van der Waals surface area contributed by atoms with Crippen molar-refractivity contribution in [2.75, 3.05) is 40.6 Å². The first-order chi connectivity index (χ1) is 7.28. The van der Waals surface area contributed by atoms with Crippen molar-refractivity contribution in [1.82, 2.24) is 0 Å². The quantitative estimate of drug-likeness (QED) is 0.420. The second kappa shape index (κ2) is 4.87. The third-order valence-corrected chi connectivity index (χ3v) is 4.24. The van der Waals surface area contributed by atoms with E-state index in [9.17, 15) is 0 Å². The highest BCUT2D eigenvalue weighted by molar-refractivity contribution is 6.53. The summed E-state index contributed by atoms with van der Waals surface area (Å²) in [7, 11) is 0.101. The summed E-state index contributed by atoms with van der Waals surface area (Å²) in [6.07, 6.45) is 0.339. The van der Waals surface area contributed by atoms with Crippen molar-refractivity contribution in [3.63, 3.8) is 0 Å². The van der Waals surface area contributed by atoms with E-state index >= 15 is 0 Å². The first-order valence-corrected chi connectivity index (χ1v) is 6.53. The van der Waals surface area contributed by atoms with E-state index < -0.39 is 9.05 Å². The Labute approximate surface area is 89.8 Å². The molecule has 6 nitrogen and oxygen atoms in total. The summed E-state index contributed by atoms with van der Waals surface area (Å²) in [6, 6.07) is 0. The summed E-state index contributed by atoms with van der Waals surface area (Å²) in [5, 5.41) is 0. The van der Waals surface area contributed by atoms with Gasteiger partial charge in [-0.3, -0.25) is 0 Å². The zero-order chi connectivity index (χ0) is 10.7. The fourth-order valence-corrected chi connectivity index (χ4v) is 2.58. The second-order valence-corrected chi connectivity index (χ2v) is 5.83. The highest BCUT2D eigenvalue weighted by Gasteiger charge is 2.46. The maximum absolute atomic E-state index is 5.52. The maximum Gasteiger partial charge on any atom is 0.679 e. The molecule has 7 heteroatoms. The minimum absolute atomic E-state index is 0.169. The third kappa shape index (κ3) is 3.49. The van der Waals surface area contributed by atoms with Gasteiger partial charge in [-0.2, -0.15) is 0 Å². The Kier molecular flexibility index (Phi) is 3.72. The predicted molar refractivity (Wildman–Crippen MR) is 51.2 cm³/mol. The average molecular weight is 236 g/mol. The molecular formula is C8H16O6Si. The molecule has 2 heterocycles. The summed E-state index contributed by atoms with van der Waals surface area (Å²) in [5.41, 5.74) is 0. The van der Waals surface area contributed by atoms with Crippen LogP contribution in [0.2, 0.25) is 0 Å². The van der Waals surface area contributed by atoms with Crippen LogP contribution in [-0.2, 0) is 27.2 Å². The fraction of sp³-hybridized carbons (Fsp3) is 1.00. The van der Waals surface area contributed by atoms with Crippen molar-refractivity contribution in [2.24, 2.45) is 0 Å². The molecule has 2 unspecified atom stereocenters. The molecule has 88 valence electrons. The molecule has 0 saturated carbocycles. The van der Waals surface area contributed by atoms with Crippen LogP contribution in [0.1, 0.15) is 0 Å². The second-order valence-electron chi connectivity index (χ2n) is 3.44. The van der Waals surface area contributed by atoms with Crippen LogP contribution in [-0.4, -0.2) is 61.9 Å². The average Bonchev–Trinajstić information content (AvgIpc) is 3.14. The first-order valence-electron chi connectivity index (χ1n) is 4.89. The van der Waals surface area contributed by atoms with E-state index in [1.807, 2.05) is 0 Å². The number of hydrogen-bond acceptors (Lipinski definition) is 6. The minimum Gasteiger partial charge on any atom is -0.371 e. The summed E-state index contributed by atoms with van der Waals surface area (Å²) in [6.45, 7) is 2.39. The lowest BCUT2D eigenvalue weighted by Gasteiger charge is -2.24. The number of ether oxygens (including phenoxy) is 2. The van der Waals surface area contributed by atoms with Gasteiger partial charge < -0.3 is 27.2 Å². The van der Waals surface area contributed by atoms with Gasteiger partial charge in [0.1, 0.15) is 12.2 Å². The molecule has 2 aliphatic heterocycles. The number of hydrogen-bond donors (Lipinski definition) is 0. The third-order valence-electron chi connectivity index (χ3n) is 2.20. The predicted octanol–water partition coefficient (Wildman–Crippen LogP) is -0.454. The Bertz CT molecular complexity index is 183. The Hall–Kier alpha value is -0.0231. The standard InChI is InChI=1S/C8H16O6Si/c1-9-15(10-2,13-5-7-3-11-7)14-6-8-4-12-8/h7-8H,3-6H2,1-2H3. The van der Waals surface area contributed by atoms with Crippen LogP contribution < -0.4 is 0 Å². The van der Waals surface area contributed by atoms with Crippen LogP contribution in [0.5, 0.6) is 0 Å². The molecule has 0 spiro atoms. The normalized spacial score (nSPS) is 29.2. The fourth-order valence-electron chi connectivity index (χ4n) is 1.08. The van der Waals surface area contributed by atoms with Crippen LogP contribution >= 0.6 is 0 Å². The van der Waals surface area contributed by atoms with Crippen molar-refractivity contribution in [2.45, 2.75) is 12.2 Å². The summed E-state index contributed by atoms with van der Waals surface area (Å²) in [4.78, 5) is 0. The summed E-state index contributed by atoms with van der Waals surface area (Å²) in [5.74, 6) is 0. The van der Waals surface area contributed by atoms with Gasteiger partial charge in [-0.05, 0) is 0 Å². The lowest BCUT2D eigenvalue weighted by molar-refractivity contribution is -0.0150. The van der Waals surface area contributed by atoms with Crippen molar-refractivity contribution in [1.29, 1.82) is 0 Å². The number of epoxide rings is 2. The zero-order valence-electron chi connectivity index (χ0n) is 8.93. The summed E-state index contributed by atoms with van der Waals surface area (Å²) >= 11 is 0. The topological polar surface area (TPSA) is 62.0 Å². The first kappa shape index (κ1) is 11.5. The monoisotopic (exact) mass is 236 g/mol. The Morgan fingerprint density at radius 3 is 1.67 bits per heavy atom. The highest BCUT2D eigenvalue weighted by atomic mass is 28.4. The van der Waals surface area contributed by atoms with Crippen LogP contribution in [0.4, 0.5) is 0 Å². The van der Waals surface area contributed by atoms with E-state index in [1.165, 1.54) is 14.2 Å². The Morgan fingerprint density at radius 2 is 1.40 bits per heavy atom. The smallest absolute Gasteiger partial charge is 0.371 e. The van der Waals surface area contributed by atoms with E-state index in [-0.39, 0.29) is 12.2 Å². The van der Waals surface area contributed by atoms with E-state index in [2.05, 4.69) is 0 Å². The molecule has 2 rings (SSSR count). The minimum atomic E-state index is -2.95. The van der Waals surface area contributed by atoms with Gasteiger partial charge in [0.05, 0.1) is 26.4 Å². The zero-order valence-corrected chi connectivity index (χ0v) is 9.93. The van der Waals surface area contributed by atoms with Crippen LogP contribution in [0.25, 0.3) is 0 Å². The van der Waals surface area contributed by atoms with E-state index in [1.54, 1.807) is 0 Å². The van der Waals surface area contributed by atoms with Gasteiger partial charge in [0, 0.05) is 14.2 Å². The van der Waals surface area contributed by atoms with Crippen molar-refractivity contribution in [3.05, 3.63) is 0 Å². The van der Waals surface area contributed by atoms with E-state index in [4.69, 9.17) is 27.2 Å². The molecule has 0 N–H and O–H groups in total. The van der Waals surface area contributed by atoms with Crippen LogP contribution in [0.3, 0.4) is 0 Å². The molecule has 15 heavy (non-hydrogen) atoms. The van der Waals surface area contributed by atoms with Gasteiger partial charge in [0.25, 0.3) is 0 Å². The lowest BCUT2D eigenvalue weighted by Crippen LogP contribution is -2.49. The lowest BCUT2D eigenvalue weighted by atomic mass is 10.5. The molecule has 0 aromatic carbocycles. The van der Waals surface area contributed by atoms with Gasteiger partial charge in [0.2, 0.25) is 0 Å². The molecule has 2 aliphatic rings. The van der Waals surface area contributed by atoms with Crippen molar-refractivity contribution in [3.8, 4) is 0 Å².